The molecule has 4 nitrogen and oxygen atoms in total. The van der Waals surface area contributed by atoms with E-state index in [-0.39, 0.29) is 0 Å². The zero-order valence-electron chi connectivity index (χ0n) is 7.45. The first-order valence-corrected chi connectivity index (χ1v) is 4.20. The number of nitrogens with one attached hydrogen (secondary N) is 1. The molecule has 0 aliphatic heterocycles. The van der Waals surface area contributed by atoms with E-state index < -0.39 is 0 Å². The van der Waals surface area contributed by atoms with Crippen LogP contribution in [0.3, 0.4) is 0 Å². The highest BCUT2D eigenvalue weighted by molar-refractivity contribution is 5.65. The highest BCUT2D eigenvalue weighted by atomic mass is 16.6. The molecule has 0 aromatic carbocycles. The lowest BCUT2D eigenvalue weighted by Gasteiger charge is -2.15. The van der Waals surface area contributed by atoms with Crippen molar-refractivity contribution in [2.45, 2.75) is 12.8 Å². The minimum Gasteiger partial charge on any atom is -0.279 e. The number of rotatable bonds is 2. The Labute approximate surface area is 76.6 Å². The van der Waals surface area contributed by atoms with Crippen molar-refractivity contribution in [2.24, 2.45) is 0 Å². The SMILES string of the molecule is CONC1=CCCc2ncncc21. The van der Waals surface area contributed by atoms with E-state index >= 15 is 0 Å². The van der Waals surface area contributed by atoms with Gasteiger partial charge in [-0.05, 0) is 12.8 Å². The molecule has 0 atom stereocenters. The lowest BCUT2D eigenvalue weighted by Crippen LogP contribution is -2.15. The van der Waals surface area contributed by atoms with Crippen molar-refractivity contribution in [3.63, 3.8) is 0 Å². The van der Waals surface area contributed by atoms with Crippen molar-refractivity contribution in [3.8, 4) is 0 Å². The average Bonchev–Trinajstić information content (AvgIpc) is 2.19. The fourth-order valence-corrected chi connectivity index (χ4v) is 1.45. The lowest BCUT2D eigenvalue weighted by molar-refractivity contribution is 0.136. The molecule has 0 bridgehead atoms. The zero-order chi connectivity index (χ0) is 9.10. The fraction of sp³-hybridized carbons (Fsp3) is 0.333. The lowest BCUT2D eigenvalue weighted by atomic mass is 10.0. The molecule has 0 amide bonds. The molecule has 0 unspecified atom stereocenters. The molecule has 1 N–H and O–H groups in total. The van der Waals surface area contributed by atoms with Gasteiger partial charge in [-0.15, -0.1) is 0 Å². The van der Waals surface area contributed by atoms with Crippen molar-refractivity contribution in [3.05, 3.63) is 29.9 Å². The second kappa shape index (κ2) is 3.53. The van der Waals surface area contributed by atoms with Crippen molar-refractivity contribution >= 4 is 5.70 Å². The predicted molar refractivity (Wildman–Crippen MR) is 48.5 cm³/mol. The van der Waals surface area contributed by atoms with Gasteiger partial charge in [0.05, 0.1) is 18.5 Å². The van der Waals surface area contributed by atoms with Gasteiger partial charge in [0.25, 0.3) is 0 Å². The molecule has 1 heterocycles. The van der Waals surface area contributed by atoms with Crippen LogP contribution in [0.15, 0.2) is 18.6 Å². The Hall–Kier alpha value is -1.42. The third-order valence-electron chi connectivity index (χ3n) is 2.03. The fourth-order valence-electron chi connectivity index (χ4n) is 1.45. The van der Waals surface area contributed by atoms with E-state index in [2.05, 4.69) is 21.5 Å². The summed E-state index contributed by atoms with van der Waals surface area (Å²) < 4.78 is 0. The van der Waals surface area contributed by atoms with E-state index in [1.165, 1.54) is 0 Å². The molecule has 0 saturated carbocycles. The Morgan fingerprint density at radius 2 is 2.46 bits per heavy atom. The topological polar surface area (TPSA) is 47.0 Å². The maximum atomic E-state index is 4.86. The van der Waals surface area contributed by atoms with Gasteiger partial charge in [0, 0.05) is 11.8 Å². The van der Waals surface area contributed by atoms with Crippen molar-refractivity contribution in [1.29, 1.82) is 0 Å². The van der Waals surface area contributed by atoms with Gasteiger partial charge in [-0.25, -0.2) is 9.97 Å². The van der Waals surface area contributed by atoms with Crippen molar-refractivity contribution in [1.82, 2.24) is 15.4 Å². The number of allylic oxidation sites excluding steroid dienone is 1. The minimum absolute atomic E-state index is 0.962. The molecular weight excluding hydrogens is 166 g/mol. The van der Waals surface area contributed by atoms with Gasteiger partial charge in [0.1, 0.15) is 6.33 Å². The molecule has 68 valence electrons. The van der Waals surface area contributed by atoms with Gasteiger partial charge in [-0.1, -0.05) is 6.08 Å². The number of nitrogens with zero attached hydrogens (tertiary/aromatic N) is 2. The van der Waals surface area contributed by atoms with Crippen LogP contribution in [-0.2, 0) is 11.3 Å². The maximum Gasteiger partial charge on any atom is 0.115 e. The van der Waals surface area contributed by atoms with E-state index in [1.54, 1.807) is 19.6 Å². The van der Waals surface area contributed by atoms with Gasteiger partial charge in [-0.3, -0.25) is 10.3 Å². The number of hydrogen-bond acceptors (Lipinski definition) is 4. The van der Waals surface area contributed by atoms with Gasteiger partial charge < -0.3 is 0 Å². The maximum absolute atomic E-state index is 4.86. The third-order valence-corrected chi connectivity index (χ3v) is 2.03. The van der Waals surface area contributed by atoms with Gasteiger partial charge in [0.15, 0.2) is 0 Å². The van der Waals surface area contributed by atoms with Crippen LogP contribution in [0.1, 0.15) is 17.7 Å². The molecule has 0 radical (unpaired) electrons. The summed E-state index contributed by atoms with van der Waals surface area (Å²) in [5, 5.41) is 0. The smallest absolute Gasteiger partial charge is 0.115 e. The summed E-state index contributed by atoms with van der Waals surface area (Å²) in [5.41, 5.74) is 5.90. The van der Waals surface area contributed by atoms with Crippen LogP contribution in [0, 0.1) is 0 Å². The second-order valence-corrected chi connectivity index (χ2v) is 2.85. The largest absolute Gasteiger partial charge is 0.279 e. The molecule has 0 fully saturated rings. The Bertz CT molecular complexity index is 335. The number of aromatic nitrogens is 2. The van der Waals surface area contributed by atoms with E-state index in [1.807, 2.05) is 0 Å². The summed E-state index contributed by atoms with van der Waals surface area (Å²) in [7, 11) is 1.60. The minimum atomic E-state index is 0.962. The number of hydrogen-bond donors (Lipinski definition) is 1. The Kier molecular flexibility index (Phi) is 2.23. The Balaban J connectivity index is 2.36. The number of fused-ring (bicyclic) bond motifs is 1. The van der Waals surface area contributed by atoms with Crippen LogP contribution in [0.2, 0.25) is 0 Å². The molecule has 1 aliphatic carbocycles. The first-order valence-electron chi connectivity index (χ1n) is 4.20. The van der Waals surface area contributed by atoms with Crippen LogP contribution in [-0.4, -0.2) is 17.1 Å². The number of aryl methyl sites for hydroxylation is 1. The molecule has 4 heteroatoms. The number of hydroxylamine groups is 1. The summed E-state index contributed by atoms with van der Waals surface area (Å²) >= 11 is 0. The molecular formula is C9H11N3O. The molecule has 1 aromatic heterocycles. The summed E-state index contributed by atoms with van der Waals surface area (Å²) in [6, 6.07) is 0. The van der Waals surface area contributed by atoms with E-state index in [0.717, 1.165) is 29.8 Å². The second-order valence-electron chi connectivity index (χ2n) is 2.85. The van der Waals surface area contributed by atoms with Crippen LogP contribution in [0.25, 0.3) is 5.70 Å². The summed E-state index contributed by atoms with van der Waals surface area (Å²) in [6.45, 7) is 0. The zero-order valence-corrected chi connectivity index (χ0v) is 7.45. The normalized spacial score (nSPS) is 14.7. The van der Waals surface area contributed by atoms with Crippen LogP contribution in [0.5, 0.6) is 0 Å². The standard InChI is InChI=1S/C9H11N3O/c1-13-12-9-4-2-3-8-7(9)5-10-6-11-8/h4-6,12H,2-3H2,1H3. The Morgan fingerprint density at radius 3 is 3.31 bits per heavy atom. The highest BCUT2D eigenvalue weighted by Gasteiger charge is 2.12. The van der Waals surface area contributed by atoms with Gasteiger partial charge in [0.2, 0.25) is 0 Å². The van der Waals surface area contributed by atoms with E-state index in [4.69, 9.17) is 4.84 Å². The highest BCUT2D eigenvalue weighted by Crippen LogP contribution is 2.21. The van der Waals surface area contributed by atoms with Crippen molar-refractivity contribution < 1.29 is 4.84 Å². The quantitative estimate of drug-likeness (QED) is 0.682. The molecule has 1 aliphatic rings. The van der Waals surface area contributed by atoms with E-state index in [0.29, 0.717) is 0 Å². The van der Waals surface area contributed by atoms with E-state index in [9.17, 15) is 0 Å². The monoisotopic (exact) mass is 177 g/mol. The van der Waals surface area contributed by atoms with Crippen LogP contribution in [0.4, 0.5) is 0 Å². The average molecular weight is 177 g/mol. The Morgan fingerprint density at radius 1 is 1.54 bits per heavy atom. The van der Waals surface area contributed by atoms with Crippen LogP contribution >= 0.6 is 0 Å². The third kappa shape index (κ3) is 1.53. The molecule has 0 spiro atoms. The summed E-state index contributed by atoms with van der Waals surface area (Å²) in [6.07, 6.45) is 7.45. The molecule has 0 saturated heterocycles. The van der Waals surface area contributed by atoms with Gasteiger partial charge >= 0.3 is 0 Å². The van der Waals surface area contributed by atoms with Crippen LogP contribution < -0.4 is 5.48 Å². The molecule has 2 rings (SSSR count). The summed E-state index contributed by atoms with van der Waals surface area (Å²) in [4.78, 5) is 13.1. The first kappa shape index (κ1) is 8.19. The predicted octanol–water partition coefficient (Wildman–Crippen LogP) is 0.915. The summed E-state index contributed by atoms with van der Waals surface area (Å²) in [5.74, 6) is 0. The van der Waals surface area contributed by atoms with Crippen molar-refractivity contribution in [2.75, 3.05) is 7.11 Å². The first-order chi connectivity index (χ1) is 6.42. The van der Waals surface area contributed by atoms with Gasteiger partial charge in [-0.2, -0.15) is 0 Å². The molecule has 13 heavy (non-hydrogen) atoms. The molecule has 1 aromatic rings.